The lowest BCUT2D eigenvalue weighted by Crippen LogP contribution is -2.28. The van der Waals surface area contributed by atoms with Crippen LogP contribution in [0.5, 0.6) is 17.2 Å². The molecule has 0 aromatic heterocycles. The van der Waals surface area contributed by atoms with Gasteiger partial charge in [-0.1, -0.05) is 12.1 Å². The zero-order chi connectivity index (χ0) is 18.4. The monoisotopic (exact) mass is 355 g/mol. The highest BCUT2D eigenvalue weighted by Crippen LogP contribution is 2.29. The van der Waals surface area contributed by atoms with Gasteiger partial charge in [0.2, 0.25) is 0 Å². The second-order valence-corrected chi connectivity index (χ2v) is 6.31. The van der Waals surface area contributed by atoms with E-state index in [-0.39, 0.29) is 5.91 Å². The number of fused-ring (bicyclic) bond motifs is 1. The van der Waals surface area contributed by atoms with Crippen molar-refractivity contribution in [2.75, 3.05) is 27.4 Å². The first-order valence-electron chi connectivity index (χ1n) is 8.96. The Hall–Kier alpha value is -2.69. The standard InChI is InChI=1S/C21H25NO4/c1-24-17-12-16(13-18(14-17)25-2)21(23)22-10-11-26-20-9-5-7-15-6-3-4-8-19(15)20/h5,7,9,12-14H,3-4,6,8,10-11H2,1-2H3,(H,22,23). The minimum absolute atomic E-state index is 0.180. The van der Waals surface area contributed by atoms with Crippen LogP contribution in [0.2, 0.25) is 0 Å². The molecule has 0 heterocycles. The van der Waals surface area contributed by atoms with Crippen LogP contribution >= 0.6 is 0 Å². The zero-order valence-electron chi connectivity index (χ0n) is 15.3. The van der Waals surface area contributed by atoms with Crippen LogP contribution in [0.3, 0.4) is 0 Å². The van der Waals surface area contributed by atoms with Crippen LogP contribution in [0.1, 0.15) is 34.3 Å². The number of hydrogen-bond acceptors (Lipinski definition) is 4. The van der Waals surface area contributed by atoms with Gasteiger partial charge in [0.1, 0.15) is 23.9 Å². The van der Waals surface area contributed by atoms with Crippen LogP contribution in [0.25, 0.3) is 0 Å². The molecule has 2 aromatic rings. The van der Waals surface area contributed by atoms with E-state index in [1.807, 2.05) is 12.1 Å². The Morgan fingerprint density at radius 3 is 2.50 bits per heavy atom. The quantitative estimate of drug-likeness (QED) is 0.774. The summed E-state index contributed by atoms with van der Waals surface area (Å²) in [6.45, 7) is 0.866. The molecule has 138 valence electrons. The fraction of sp³-hybridized carbons (Fsp3) is 0.381. The Labute approximate surface area is 154 Å². The lowest BCUT2D eigenvalue weighted by atomic mass is 9.91. The summed E-state index contributed by atoms with van der Waals surface area (Å²) in [5.41, 5.74) is 3.21. The van der Waals surface area contributed by atoms with Crippen LogP contribution in [-0.4, -0.2) is 33.3 Å². The summed E-state index contributed by atoms with van der Waals surface area (Å²) in [4.78, 5) is 12.3. The van der Waals surface area contributed by atoms with Crippen LogP contribution in [0.4, 0.5) is 0 Å². The summed E-state index contributed by atoms with van der Waals surface area (Å²) in [5.74, 6) is 1.93. The third-order valence-electron chi connectivity index (χ3n) is 4.61. The van der Waals surface area contributed by atoms with Gasteiger partial charge in [-0.3, -0.25) is 4.79 Å². The highest BCUT2D eigenvalue weighted by atomic mass is 16.5. The van der Waals surface area contributed by atoms with E-state index >= 15 is 0 Å². The van der Waals surface area contributed by atoms with Gasteiger partial charge in [-0.2, -0.15) is 0 Å². The second kappa shape index (κ2) is 8.61. The molecule has 1 aliphatic carbocycles. The third kappa shape index (κ3) is 4.28. The van der Waals surface area contributed by atoms with Crippen molar-refractivity contribution < 1.29 is 19.0 Å². The van der Waals surface area contributed by atoms with E-state index < -0.39 is 0 Å². The number of amides is 1. The Bertz CT molecular complexity index is 750. The van der Waals surface area contributed by atoms with Crippen molar-refractivity contribution in [3.05, 3.63) is 53.1 Å². The molecule has 0 aliphatic heterocycles. The maximum atomic E-state index is 12.3. The Balaban J connectivity index is 1.55. The van der Waals surface area contributed by atoms with E-state index in [2.05, 4.69) is 11.4 Å². The van der Waals surface area contributed by atoms with Crippen molar-refractivity contribution in [1.29, 1.82) is 0 Å². The maximum absolute atomic E-state index is 12.3. The summed E-state index contributed by atoms with van der Waals surface area (Å²) >= 11 is 0. The van der Waals surface area contributed by atoms with Crippen molar-refractivity contribution in [1.82, 2.24) is 5.32 Å². The van der Waals surface area contributed by atoms with Gasteiger partial charge in [0, 0.05) is 11.6 Å². The molecule has 1 N–H and O–H groups in total. The maximum Gasteiger partial charge on any atom is 0.251 e. The smallest absolute Gasteiger partial charge is 0.251 e. The van der Waals surface area contributed by atoms with Crippen molar-refractivity contribution in [2.24, 2.45) is 0 Å². The average Bonchev–Trinajstić information content (AvgIpc) is 2.70. The molecular formula is C21H25NO4. The fourth-order valence-electron chi connectivity index (χ4n) is 3.25. The first kappa shape index (κ1) is 18.1. The second-order valence-electron chi connectivity index (χ2n) is 6.31. The minimum atomic E-state index is -0.180. The molecule has 0 saturated carbocycles. The van der Waals surface area contributed by atoms with Crippen molar-refractivity contribution in [3.63, 3.8) is 0 Å². The van der Waals surface area contributed by atoms with Crippen molar-refractivity contribution >= 4 is 5.91 Å². The molecule has 5 heteroatoms. The van der Waals surface area contributed by atoms with Crippen molar-refractivity contribution in [3.8, 4) is 17.2 Å². The minimum Gasteiger partial charge on any atom is -0.497 e. The summed E-state index contributed by atoms with van der Waals surface area (Å²) in [7, 11) is 3.12. The molecule has 1 amide bonds. The van der Waals surface area contributed by atoms with Gasteiger partial charge in [0.15, 0.2) is 0 Å². The van der Waals surface area contributed by atoms with E-state index in [0.717, 1.165) is 18.6 Å². The molecule has 2 aromatic carbocycles. The molecule has 3 rings (SSSR count). The van der Waals surface area contributed by atoms with E-state index in [4.69, 9.17) is 14.2 Å². The lowest BCUT2D eigenvalue weighted by molar-refractivity contribution is 0.0946. The molecule has 5 nitrogen and oxygen atoms in total. The van der Waals surface area contributed by atoms with E-state index in [9.17, 15) is 4.79 Å². The van der Waals surface area contributed by atoms with E-state index in [1.165, 1.54) is 24.0 Å². The van der Waals surface area contributed by atoms with Gasteiger partial charge in [-0.25, -0.2) is 0 Å². The normalized spacial score (nSPS) is 12.8. The zero-order valence-corrected chi connectivity index (χ0v) is 15.3. The fourth-order valence-corrected chi connectivity index (χ4v) is 3.25. The van der Waals surface area contributed by atoms with Gasteiger partial charge < -0.3 is 19.5 Å². The molecular weight excluding hydrogens is 330 g/mol. The summed E-state index contributed by atoms with van der Waals surface area (Å²) in [6, 6.07) is 11.3. The number of ether oxygens (including phenoxy) is 3. The molecule has 0 fully saturated rings. The van der Waals surface area contributed by atoms with Crippen molar-refractivity contribution in [2.45, 2.75) is 25.7 Å². The number of nitrogens with one attached hydrogen (secondary N) is 1. The molecule has 26 heavy (non-hydrogen) atoms. The van der Waals surface area contributed by atoms with Crippen LogP contribution < -0.4 is 19.5 Å². The van der Waals surface area contributed by atoms with Crippen LogP contribution in [0.15, 0.2) is 36.4 Å². The molecule has 0 saturated heterocycles. The number of hydrogen-bond donors (Lipinski definition) is 1. The number of aryl methyl sites for hydroxylation is 1. The number of carbonyl (C=O) groups is 1. The van der Waals surface area contributed by atoms with Gasteiger partial charge >= 0.3 is 0 Å². The first-order chi connectivity index (χ1) is 12.7. The van der Waals surface area contributed by atoms with Gasteiger partial charge in [-0.05, 0) is 55.0 Å². The number of carbonyl (C=O) groups excluding carboxylic acids is 1. The van der Waals surface area contributed by atoms with E-state index in [1.54, 1.807) is 32.4 Å². The molecule has 0 spiro atoms. The molecule has 0 unspecified atom stereocenters. The SMILES string of the molecule is COc1cc(OC)cc(C(=O)NCCOc2cccc3c2CCCC3)c1. The molecule has 0 bridgehead atoms. The lowest BCUT2D eigenvalue weighted by Gasteiger charge is -2.19. The average molecular weight is 355 g/mol. The summed E-state index contributed by atoms with van der Waals surface area (Å²) < 4.78 is 16.3. The number of methoxy groups -OCH3 is 2. The topological polar surface area (TPSA) is 56.8 Å². The summed E-state index contributed by atoms with van der Waals surface area (Å²) in [5, 5.41) is 2.88. The first-order valence-corrected chi connectivity index (χ1v) is 8.96. The molecule has 1 aliphatic rings. The summed E-state index contributed by atoms with van der Waals surface area (Å²) in [6.07, 6.45) is 4.65. The van der Waals surface area contributed by atoms with Crippen LogP contribution in [-0.2, 0) is 12.8 Å². The number of benzene rings is 2. The highest BCUT2D eigenvalue weighted by molar-refractivity contribution is 5.95. The van der Waals surface area contributed by atoms with Gasteiger partial charge in [0.25, 0.3) is 5.91 Å². The predicted molar refractivity (Wildman–Crippen MR) is 100 cm³/mol. The third-order valence-corrected chi connectivity index (χ3v) is 4.61. The highest BCUT2D eigenvalue weighted by Gasteiger charge is 2.14. The Kier molecular flexibility index (Phi) is 6.00. The number of rotatable bonds is 7. The van der Waals surface area contributed by atoms with Crippen LogP contribution in [0, 0.1) is 0 Å². The van der Waals surface area contributed by atoms with Gasteiger partial charge in [0.05, 0.1) is 20.8 Å². The predicted octanol–water partition coefficient (Wildman–Crippen LogP) is 3.39. The van der Waals surface area contributed by atoms with E-state index in [0.29, 0.717) is 30.2 Å². The molecule has 0 atom stereocenters. The Morgan fingerprint density at radius 1 is 1.04 bits per heavy atom. The largest absolute Gasteiger partial charge is 0.497 e. The van der Waals surface area contributed by atoms with Gasteiger partial charge in [-0.15, -0.1) is 0 Å². The molecule has 0 radical (unpaired) electrons. The Morgan fingerprint density at radius 2 is 1.77 bits per heavy atom.